The van der Waals surface area contributed by atoms with Crippen molar-refractivity contribution in [3.63, 3.8) is 0 Å². The molecule has 0 radical (unpaired) electrons. The molecule has 5 rings (SSSR count). The number of thiophene rings is 1. The van der Waals surface area contributed by atoms with E-state index in [9.17, 15) is 5.11 Å². The van der Waals surface area contributed by atoms with Crippen molar-refractivity contribution in [3.05, 3.63) is 65.3 Å². The highest BCUT2D eigenvalue weighted by Gasteiger charge is 2.35. The van der Waals surface area contributed by atoms with E-state index in [0.717, 1.165) is 53.1 Å². The minimum Gasteiger partial charge on any atom is -0.497 e. The van der Waals surface area contributed by atoms with Gasteiger partial charge in [0, 0.05) is 23.1 Å². The first-order valence-electron chi connectivity index (χ1n) is 12.0. The number of benzene rings is 2. The van der Waals surface area contributed by atoms with Gasteiger partial charge in [0.25, 0.3) is 0 Å². The summed E-state index contributed by atoms with van der Waals surface area (Å²) in [5, 5.41) is 18.0. The highest BCUT2D eigenvalue weighted by Crippen LogP contribution is 2.40. The number of hydrogen-bond acceptors (Lipinski definition) is 8. The summed E-state index contributed by atoms with van der Waals surface area (Å²) in [7, 11) is 1.59. The van der Waals surface area contributed by atoms with Crippen molar-refractivity contribution in [2.24, 2.45) is 0 Å². The van der Waals surface area contributed by atoms with Crippen LogP contribution in [0.15, 0.2) is 60.2 Å². The Bertz CT molecular complexity index is 1310. The standard InChI is InChI=1S/C27H29ClN4O3S/c1-17(33)27(35-23-9-8-20(34-2)14-22(23)28)32(19-10-12-29-13-11-19)25-24-21(18-6-4-3-5-7-18)15-36-26(24)31-16-30-25/h3-9,14-17,19,27,29,33H,10-13H2,1-2H3. The molecule has 0 saturated carbocycles. The fraction of sp³-hybridized carbons (Fsp3) is 0.333. The number of ether oxygens (including phenoxy) is 2. The van der Waals surface area contributed by atoms with E-state index in [-0.39, 0.29) is 6.04 Å². The Balaban J connectivity index is 1.64. The average Bonchev–Trinajstić information content (AvgIpc) is 3.35. The molecule has 0 bridgehead atoms. The molecule has 2 aromatic heterocycles. The first-order valence-corrected chi connectivity index (χ1v) is 13.3. The number of hydrogen-bond donors (Lipinski definition) is 2. The zero-order valence-electron chi connectivity index (χ0n) is 20.2. The monoisotopic (exact) mass is 524 g/mol. The zero-order chi connectivity index (χ0) is 25.1. The number of aliphatic hydroxyl groups excluding tert-OH is 1. The van der Waals surface area contributed by atoms with Crippen LogP contribution in [-0.4, -0.2) is 53.6 Å². The summed E-state index contributed by atoms with van der Waals surface area (Å²) in [5.41, 5.74) is 2.16. The molecule has 36 heavy (non-hydrogen) atoms. The van der Waals surface area contributed by atoms with Gasteiger partial charge in [0.05, 0.1) is 17.5 Å². The van der Waals surface area contributed by atoms with E-state index in [1.54, 1.807) is 49.9 Å². The summed E-state index contributed by atoms with van der Waals surface area (Å²) in [5.74, 6) is 1.86. The number of aliphatic hydroxyl groups is 1. The average molecular weight is 525 g/mol. The molecule has 2 unspecified atom stereocenters. The third-order valence-electron chi connectivity index (χ3n) is 6.46. The normalized spacial score (nSPS) is 16.0. The molecule has 2 N–H and O–H groups in total. The minimum absolute atomic E-state index is 0.101. The lowest BCUT2D eigenvalue weighted by atomic mass is 10.0. The van der Waals surface area contributed by atoms with Crippen LogP contribution in [0.25, 0.3) is 21.3 Å². The fourth-order valence-corrected chi connectivity index (χ4v) is 5.82. The number of anilines is 1. The van der Waals surface area contributed by atoms with Crippen molar-refractivity contribution >= 4 is 39.0 Å². The van der Waals surface area contributed by atoms with Gasteiger partial charge in [0.15, 0.2) is 6.23 Å². The molecule has 0 spiro atoms. The first kappa shape index (κ1) is 24.8. The molecule has 1 aliphatic rings. The molecule has 0 amide bonds. The number of aromatic nitrogens is 2. The van der Waals surface area contributed by atoms with Gasteiger partial charge in [-0.15, -0.1) is 11.3 Å². The zero-order valence-corrected chi connectivity index (χ0v) is 21.8. The van der Waals surface area contributed by atoms with Gasteiger partial charge in [-0.3, -0.25) is 0 Å². The maximum atomic E-state index is 11.0. The van der Waals surface area contributed by atoms with Crippen molar-refractivity contribution in [1.82, 2.24) is 15.3 Å². The van der Waals surface area contributed by atoms with Gasteiger partial charge >= 0.3 is 0 Å². The van der Waals surface area contributed by atoms with E-state index in [2.05, 4.69) is 32.7 Å². The summed E-state index contributed by atoms with van der Waals surface area (Å²) >= 11 is 8.13. The predicted molar refractivity (Wildman–Crippen MR) is 145 cm³/mol. The van der Waals surface area contributed by atoms with E-state index < -0.39 is 12.3 Å². The third kappa shape index (κ3) is 4.99. The summed E-state index contributed by atoms with van der Waals surface area (Å²) in [6.07, 6.45) is 1.82. The lowest BCUT2D eigenvalue weighted by Gasteiger charge is -2.42. The van der Waals surface area contributed by atoms with Crippen LogP contribution in [-0.2, 0) is 0 Å². The van der Waals surface area contributed by atoms with Crippen LogP contribution in [0.2, 0.25) is 5.02 Å². The highest BCUT2D eigenvalue weighted by atomic mass is 35.5. The molecule has 9 heteroatoms. The van der Waals surface area contributed by atoms with Gasteiger partial charge in [-0.1, -0.05) is 41.9 Å². The van der Waals surface area contributed by atoms with Crippen LogP contribution in [0.4, 0.5) is 5.82 Å². The quantitative estimate of drug-likeness (QED) is 0.300. The van der Waals surface area contributed by atoms with Gasteiger partial charge in [-0.25, -0.2) is 9.97 Å². The van der Waals surface area contributed by atoms with E-state index in [4.69, 9.17) is 26.1 Å². The Labute approximate surface area is 219 Å². The van der Waals surface area contributed by atoms with Gasteiger partial charge in [0.2, 0.25) is 0 Å². The fourth-order valence-electron chi connectivity index (χ4n) is 4.69. The Morgan fingerprint density at radius 3 is 2.61 bits per heavy atom. The molecule has 2 atom stereocenters. The number of fused-ring (bicyclic) bond motifs is 1. The molecule has 1 aliphatic heterocycles. The second-order valence-electron chi connectivity index (χ2n) is 8.83. The number of nitrogens with zero attached hydrogens (tertiary/aromatic N) is 3. The van der Waals surface area contributed by atoms with Crippen molar-refractivity contribution in [1.29, 1.82) is 0 Å². The van der Waals surface area contributed by atoms with Gasteiger partial charge in [-0.2, -0.15) is 0 Å². The van der Waals surface area contributed by atoms with Gasteiger partial charge in [-0.05, 0) is 50.6 Å². The molecule has 2 aromatic carbocycles. The number of rotatable bonds is 8. The Morgan fingerprint density at radius 2 is 1.92 bits per heavy atom. The Morgan fingerprint density at radius 1 is 1.14 bits per heavy atom. The van der Waals surface area contributed by atoms with E-state index in [1.165, 1.54) is 0 Å². The van der Waals surface area contributed by atoms with Crippen LogP contribution >= 0.6 is 22.9 Å². The maximum Gasteiger partial charge on any atom is 0.199 e. The lowest BCUT2D eigenvalue weighted by molar-refractivity contribution is 0.0387. The summed E-state index contributed by atoms with van der Waals surface area (Å²) in [6, 6.07) is 15.6. The second kappa shape index (κ2) is 11.0. The minimum atomic E-state index is -0.832. The van der Waals surface area contributed by atoms with E-state index in [1.807, 2.05) is 18.2 Å². The lowest BCUT2D eigenvalue weighted by Crippen LogP contribution is -2.55. The van der Waals surface area contributed by atoms with Crippen LogP contribution < -0.4 is 19.7 Å². The van der Waals surface area contributed by atoms with E-state index >= 15 is 0 Å². The molecule has 1 fully saturated rings. The molecular formula is C27H29ClN4O3S. The molecule has 1 saturated heterocycles. The van der Waals surface area contributed by atoms with Crippen LogP contribution in [0.3, 0.4) is 0 Å². The molecule has 188 valence electrons. The number of methoxy groups -OCH3 is 1. The summed E-state index contributed by atoms with van der Waals surface area (Å²) in [6.45, 7) is 3.49. The van der Waals surface area contributed by atoms with Crippen LogP contribution in [0.5, 0.6) is 11.5 Å². The van der Waals surface area contributed by atoms with Crippen molar-refractivity contribution in [2.75, 3.05) is 25.1 Å². The van der Waals surface area contributed by atoms with Crippen molar-refractivity contribution < 1.29 is 14.6 Å². The number of piperidine rings is 1. The van der Waals surface area contributed by atoms with Crippen molar-refractivity contribution in [3.8, 4) is 22.6 Å². The first-order chi connectivity index (χ1) is 17.6. The van der Waals surface area contributed by atoms with Crippen molar-refractivity contribution in [2.45, 2.75) is 38.1 Å². The predicted octanol–water partition coefficient (Wildman–Crippen LogP) is 5.36. The SMILES string of the molecule is COc1ccc(OC(C(C)O)N(c2ncnc3scc(-c4ccccc4)c23)C2CCNCC2)c(Cl)c1. The van der Waals surface area contributed by atoms with Gasteiger partial charge in [0.1, 0.15) is 34.6 Å². The Hall–Kier alpha value is -2.91. The summed E-state index contributed by atoms with van der Waals surface area (Å²) < 4.78 is 11.7. The molecule has 7 nitrogen and oxygen atoms in total. The second-order valence-corrected chi connectivity index (χ2v) is 10.1. The smallest absolute Gasteiger partial charge is 0.199 e. The van der Waals surface area contributed by atoms with Crippen LogP contribution in [0.1, 0.15) is 19.8 Å². The maximum absolute atomic E-state index is 11.0. The molecule has 4 aromatic rings. The van der Waals surface area contributed by atoms with Crippen LogP contribution in [0, 0.1) is 0 Å². The molecule has 3 heterocycles. The molecule has 0 aliphatic carbocycles. The highest BCUT2D eigenvalue weighted by molar-refractivity contribution is 7.17. The van der Waals surface area contributed by atoms with E-state index in [0.29, 0.717) is 16.5 Å². The summed E-state index contributed by atoms with van der Waals surface area (Å²) in [4.78, 5) is 12.4. The number of nitrogens with one attached hydrogen (secondary N) is 1. The Kier molecular flexibility index (Phi) is 7.57. The number of halogens is 1. The molecular weight excluding hydrogens is 496 g/mol. The largest absolute Gasteiger partial charge is 0.497 e. The topological polar surface area (TPSA) is 79.7 Å². The third-order valence-corrected chi connectivity index (χ3v) is 7.64. The van der Waals surface area contributed by atoms with Gasteiger partial charge < -0.3 is 24.8 Å².